The van der Waals surface area contributed by atoms with Crippen LogP contribution in [0.5, 0.6) is 0 Å². The second kappa shape index (κ2) is 4.68. The lowest BCUT2D eigenvalue weighted by molar-refractivity contribution is -0.385. The molecule has 0 saturated heterocycles. The van der Waals surface area contributed by atoms with Crippen LogP contribution in [0.2, 0.25) is 0 Å². The maximum Gasteiger partial charge on any atom is 0.356 e. The molecule has 92 valence electrons. The van der Waals surface area contributed by atoms with Gasteiger partial charge in [-0.2, -0.15) is 0 Å². The highest BCUT2D eigenvalue weighted by atomic mass is 19.3. The average molecular weight is 247 g/mol. The molecular formula is C8H7F2N3O4. The van der Waals surface area contributed by atoms with Gasteiger partial charge in [-0.1, -0.05) is 0 Å². The summed E-state index contributed by atoms with van der Waals surface area (Å²) in [4.78, 5) is 23.7. The number of nitro groups is 1. The van der Waals surface area contributed by atoms with Crippen LogP contribution in [0.4, 0.5) is 20.2 Å². The van der Waals surface area contributed by atoms with Crippen LogP contribution in [0.25, 0.3) is 0 Å². The minimum absolute atomic E-state index is 0.508. The molecule has 0 saturated carbocycles. The van der Waals surface area contributed by atoms with Gasteiger partial charge in [0, 0.05) is 6.07 Å². The first-order valence-corrected chi connectivity index (χ1v) is 4.19. The predicted octanol–water partition coefficient (Wildman–Crippen LogP) is 1.30. The highest BCUT2D eigenvalue weighted by molar-refractivity contribution is 5.89. The Bertz CT molecular complexity index is 478. The molecule has 0 aliphatic carbocycles. The Balaban J connectivity index is 3.46. The second-order valence-corrected chi connectivity index (χ2v) is 2.88. The molecule has 1 aromatic heterocycles. The highest BCUT2D eigenvalue weighted by Gasteiger charge is 2.29. The van der Waals surface area contributed by atoms with Gasteiger partial charge in [0.1, 0.15) is 5.69 Å². The topological polar surface area (TPSA) is 108 Å². The number of rotatable bonds is 3. The predicted molar refractivity (Wildman–Crippen MR) is 51.6 cm³/mol. The molecule has 0 radical (unpaired) electrons. The van der Waals surface area contributed by atoms with E-state index in [0.717, 1.165) is 13.2 Å². The van der Waals surface area contributed by atoms with E-state index in [9.17, 15) is 23.7 Å². The van der Waals surface area contributed by atoms with Crippen LogP contribution in [0.3, 0.4) is 0 Å². The number of esters is 1. The van der Waals surface area contributed by atoms with Crippen LogP contribution in [-0.2, 0) is 4.74 Å². The monoisotopic (exact) mass is 247 g/mol. The lowest BCUT2D eigenvalue weighted by atomic mass is 10.2. The van der Waals surface area contributed by atoms with E-state index >= 15 is 0 Å². The van der Waals surface area contributed by atoms with Crippen molar-refractivity contribution >= 4 is 17.3 Å². The van der Waals surface area contributed by atoms with Crippen molar-refractivity contribution in [3.8, 4) is 0 Å². The van der Waals surface area contributed by atoms with Gasteiger partial charge in [-0.3, -0.25) is 10.1 Å². The Labute approximate surface area is 93.3 Å². The number of anilines is 1. The molecule has 0 aromatic carbocycles. The van der Waals surface area contributed by atoms with Crippen molar-refractivity contribution in [1.82, 2.24) is 4.98 Å². The lowest BCUT2D eigenvalue weighted by Gasteiger charge is -2.06. The summed E-state index contributed by atoms with van der Waals surface area (Å²) in [7, 11) is 1.02. The third-order valence-electron chi connectivity index (χ3n) is 1.83. The number of nitrogens with zero attached hydrogens (tertiary/aromatic N) is 2. The molecule has 1 aromatic rings. The van der Waals surface area contributed by atoms with E-state index in [1.165, 1.54) is 0 Å². The zero-order valence-electron chi connectivity index (χ0n) is 8.52. The molecule has 2 N–H and O–H groups in total. The molecule has 7 nitrogen and oxygen atoms in total. The molecule has 0 unspecified atom stereocenters. The maximum absolute atomic E-state index is 12.5. The van der Waals surface area contributed by atoms with Gasteiger partial charge in [0.05, 0.1) is 12.0 Å². The summed E-state index contributed by atoms with van der Waals surface area (Å²) in [6.45, 7) is 0. The summed E-state index contributed by atoms with van der Waals surface area (Å²) in [6, 6.07) is 0.815. The molecule has 0 aliphatic heterocycles. The minimum atomic E-state index is -3.22. The standard InChI is InChI=1S/C8H7F2N3O4/c1-17-8(14)4-2-3(11)6(13(15)16)5(12-4)7(9)10/h2,7H,1H3,(H2,11,12). The van der Waals surface area contributed by atoms with Gasteiger partial charge in [0.25, 0.3) is 6.43 Å². The molecule has 1 heterocycles. The van der Waals surface area contributed by atoms with Crippen molar-refractivity contribution in [2.45, 2.75) is 6.43 Å². The van der Waals surface area contributed by atoms with E-state index in [1.807, 2.05) is 0 Å². The first-order valence-electron chi connectivity index (χ1n) is 4.19. The number of hydrogen-bond acceptors (Lipinski definition) is 6. The Morgan fingerprint density at radius 1 is 1.65 bits per heavy atom. The van der Waals surface area contributed by atoms with Crippen LogP contribution < -0.4 is 5.73 Å². The summed E-state index contributed by atoms with van der Waals surface area (Å²) in [5.41, 5.74) is 1.99. The van der Waals surface area contributed by atoms with Crippen molar-refractivity contribution in [2.75, 3.05) is 12.8 Å². The molecule has 0 atom stereocenters. The zero-order valence-corrected chi connectivity index (χ0v) is 8.52. The number of pyridine rings is 1. The molecule has 9 heteroatoms. The molecule has 17 heavy (non-hydrogen) atoms. The van der Waals surface area contributed by atoms with Crippen LogP contribution in [0.15, 0.2) is 6.07 Å². The van der Waals surface area contributed by atoms with E-state index in [1.54, 1.807) is 0 Å². The number of alkyl halides is 2. The van der Waals surface area contributed by atoms with E-state index in [4.69, 9.17) is 5.73 Å². The first-order chi connectivity index (χ1) is 7.88. The molecule has 0 amide bonds. The van der Waals surface area contributed by atoms with Crippen LogP contribution in [-0.4, -0.2) is 23.0 Å². The summed E-state index contributed by atoms with van der Waals surface area (Å²) in [5.74, 6) is -1.01. The zero-order chi connectivity index (χ0) is 13.2. The van der Waals surface area contributed by atoms with Crippen molar-refractivity contribution in [1.29, 1.82) is 0 Å². The molecule has 0 spiro atoms. The fourth-order valence-electron chi connectivity index (χ4n) is 1.14. The third-order valence-corrected chi connectivity index (χ3v) is 1.83. The fourth-order valence-corrected chi connectivity index (χ4v) is 1.14. The number of halogens is 2. The van der Waals surface area contributed by atoms with Gasteiger partial charge in [-0.15, -0.1) is 0 Å². The van der Waals surface area contributed by atoms with Gasteiger partial charge in [-0.25, -0.2) is 18.6 Å². The number of methoxy groups -OCH3 is 1. The van der Waals surface area contributed by atoms with Gasteiger partial charge in [0.15, 0.2) is 11.4 Å². The summed E-state index contributed by atoms with van der Waals surface area (Å²) in [5, 5.41) is 10.5. The van der Waals surface area contributed by atoms with Crippen molar-refractivity contribution in [2.24, 2.45) is 0 Å². The Morgan fingerprint density at radius 2 is 2.24 bits per heavy atom. The molecular weight excluding hydrogens is 240 g/mol. The van der Waals surface area contributed by atoms with E-state index in [-0.39, 0.29) is 0 Å². The molecule has 0 aliphatic rings. The summed E-state index contributed by atoms with van der Waals surface area (Å²) < 4.78 is 29.3. The van der Waals surface area contributed by atoms with Crippen molar-refractivity contribution in [3.63, 3.8) is 0 Å². The molecule has 0 fully saturated rings. The smallest absolute Gasteiger partial charge is 0.356 e. The number of aromatic nitrogens is 1. The Morgan fingerprint density at radius 3 is 2.65 bits per heavy atom. The fraction of sp³-hybridized carbons (Fsp3) is 0.250. The Hall–Kier alpha value is -2.32. The number of carbonyl (C=O) groups excluding carboxylic acids is 1. The number of hydrogen-bond donors (Lipinski definition) is 1. The third kappa shape index (κ3) is 2.44. The highest BCUT2D eigenvalue weighted by Crippen LogP contribution is 2.32. The minimum Gasteiger partial charge on any atom is -0.464 e. The van der Waals surface area contributed by atoms with E-state index in [0.29, 0.717) is 0 Å². The quantitative estimate of drug-likeness (QED) is 0.489. The van der Waals surface area contributed by atoms with E-state index < -0.39 is 40.1 Å². The summed E-state index contributed by atoms with van der Waals surface area (Å²) >= 11 is 0. The second-order valence-electron chi connectivity index (χ2n) is 2.88. The SMILES string of the molecule is COC(=O)c1cc(N)c([N+](=O)[O-])c(C(F)F)n1. The van der Waals surface area contributed by atoms with Gasteiger partial charge in [0.2, 0.25) is 0 Å². The van der Waals surface area contributed by atoms with Crippen LogP contribution >= 0.6 is 0 Å². The number of nitrogens with two attached hydrogens (primary N) is 1. The van der Waals surface area contributed by atoms with Crippen molar-refractivity contribution < 1.29 is 23.2 Å². The average Bonchev–Trinajstić information content (AvgIpc) is 2.26. The van der Waals surface area contributed by atoms with E-state index in [2.05, 4.69) is 9.72 Å². The Kier molecular flexibility index (Phi) is 3.51. The lowest BCUT2D eigenvalue weighted by Crippen LogP contribution is -2.11. The van der Waals surface area contributed by atoms with Crippen molar-refractivity contribution in [3.05, 3.63) is 27.6 Å². The summed E-state index contributed by atoms with van der Waals surface area (Å²) in [6.07, 6.45) is -3.22. The number of ether oxygens (including phenoxy) is 1. The maximum atomic E-state index is 12.5. The number of carbonyl (C=O) groups is 1. The van der Waals surface area contributed by atoms with Crippen LogP contribution in [0.1, 0.15) is 22.6 Å². The normalized spacial score (nSPS) is 10.4. The van der Waals surface area contributed by atoms with Crippen LogP contribution in [0, 0.1) is 10.1 Å². The first kappa shape index (κ1) is 12.7. The number of nitrogen functional groups attached to an aromatic ring is 1. The molecule has 0 bridgehead atoms. The molecule has 1 rings (SSSR count). The largest absolute Gasteiger partial charge is 0.464 e. The van der Waals surface area contributed by atoms with Gasteiger partial charge >= 0.3 is 11.7 Å². The van der Waals surface area contributed by atoms with Gasteiger partial charge in [-0.05, 0) is 0 Å². The van der Waals surface area contributed by atoms with Gasteiger partial charge < -0.3 is 10.5 Å².